The lowest BCUT2D eigenvalue weighted by atomic mass is 9.84. The minimum absolute atomic E-state index is 0.113. The number of hydrogen-bond acceptors (Lipinski definition) is 1. The van der Waals surface area contributed by atoms with Gasteiger partial charge in [0, 0.05) is 10.8 Å². The number of rotatable bonds is 1. The molecule has 0 saturated carbocycles. The average Bonchev–Trinajstić information content (AvgIpc) is 2.73. The summed E-state index contributed by atoms with van der Waals surface area (Å²) in [5, 5.41) is 4.12. The minimum atomic E-state index is -1.41. The van der Waals surface area contributed by atoms with Crippen LogP contribution in [0.4, 0.5) is 0 Å². The molecule has 0 aliphatic heterocycles. The molecule has 3 aromatic rings. The van der Waals surface area contributed by atoms with E-state index in [4.69, 9.17) is 4.42 Å². The van der Waals surface area contributed by atoms with E-state index in [1.54, 1.807) is 5.19 Å². The first-order valence-corrected chi connectivity index (χ1v) is 11.1. The minimum Gasteiger partial charge on any atom is -0.456 e. The first kappa shape index (κ1) is 14.4. The fourth-order valence-corrected chi connectivity index (χ4v) is 5.05. The fraction of sp³-hybridized carbons (Fsp3) is 0.368. The zero-order chi connectivity index (χ0) is 15.4. The van der Waals surface area contributed by atoms with Crippen LogP contribution in [0.15, 0.2) is 40.8 Å². The molecule has 1 heterocycles. The van der Waals surface area contributed by atoms with Crippen molar-refractivity contribution < 1.29 is 4.42 Å². The van der Waals surface area contributed by atoms with E-state index in [0.717, 1.165) is 11.2 Å². The van der Waals surface area contributed by atoms with Gasteiger partial charge in [-0.3, -0.25) is 0 Å². The van der Waals surface area contributed by atoms with Gasteiger partial charge in [0.1, 0.15) is 11.2 Å². The zero-order valence-electron chi connectivity index (χ0n) is 13.9. The summed E-state index contributed by atoms with van der Waals surface area (Å²) < 4.78 is 6.07. The van der Waals surface area contributed by atoms with Crippen molar-refractivity contribution in [2.75, 3.05) is 0 Å². The van der Waals surface area contributed by atoms with Crippen LogP contribution in [0.1, 0.15) is 26.3 Å². The van der Waals surface area contributed by atoms with Crippen molar-refractivity contribution in [1.82, 2.24) is 0 Å². The van der Waals surface area contributed by atoms with Gasteiger partial charge in [-0.25, -0.2) is 0 Å². The van der Waals surface area contributed by atoms with Crippen molar-refractivity contribution in [2.24, 2.45) is 0 Å². The van der Waals surface area contributed by atoms with E-state index >= 15 is 0 Å². The molecule has 0 amide bonds. The van der Waals surface area contributed by atoms with E-state index in [0.29, 0.717) is 0 Å². The largest absolute Gasteiger partial charge is 0.456 e. The summed E-state index contributed by atoms with van der Waals surface area (Å²) in [5.41, 5.74) is 3.60. The van der Waals surface area contributed by atoms with Gasteiger partial charge in [0.05, 0.1) is 8.07 Å². The summed E-state index contributed by atoms with van der Waals surface area (Å²) in [6, 6.07) is 12.9. The quantitative estimate of drug-likeness (QED) is 0.546. The molecule has 110 valence electrons. The van der Waals surface area contributed by atoms with E-state index in [2.05, 4.69) is 70.7 Å². The summed E-state index contributed by atoms with van der Waals surface area (Å²) in [7, 11) is -1.41. The first-order valence-electron chi connectivity index (χ1n) is 7.65. The predicted molar refractivity (Wildman–Crippen MR) is 95.4 cm³/mol. The number of furan rings is 1. The number of benzene rings is 2. The van der Waals surface area contributed by atoms with Crippen molar-refractivity contribution in [3.63, 3.8) is 0 Å². The maximum Gasteiger partial charge on any atom is 0.135 e. The summed E-state index contributed by atoms with van der Waals surface area (Å²) >= 11 is 0. The van der Waals surface area contributed by atoms with Gasteiger partial charge in [-0.2, -0.15) is 0 Å². The number of para-hydroxylation sites is 1. The highest BCUT2D eigenvalue weighted by Gasteiger charge is 2.29. The highest BCUT2D eigenvalue weighted by atomic mass is 28.3. The Morgan fingerprint density at radius 3 is 2.14 bits per heavy atom. The molecule has 0 spiro atoms. The lowest BCUT2D eigenvalue weighted by molar-refractivity contribution is 0.598. The molecule has 2 heteroatoms. The van der Waals surface area contributed by atoms with Crippen LogP contribution >= 0.6 is 0 Å². The molecular weight excluding hydrogens is 272 g/mol. The normalized spacial score (nSPS) is 13.2. The van der Waals surface area contributed by atoms with Crippen LogP contribution in [0.3, 0.4) is 0 Å². The van der Waals surface area contributed by atoms with Crippen LogP contribution in [0, 0.1) is 0 Å². The van der Waals surface area contributed by atoms with Crippen LogP contribution in [-0.2, 0) is 5.41 Å². The Morgan fingerprint density at radius 1 is 0.857 bits per heavy atom. The second-order valence-corrected chi connectivity index (χ2v) is 13.0. The molecule has 1 aromatic heterocycles. The highest BCUT2D eigenvalue weighted by Crippen LogP contribution is 2.36. The lowest BCUT2D eigenvalue weighted by Gasteiger charge is -2.29. The molecule has 1 nitrogen and oxygen atoms in total. The van der Waals surface area contributed by atoms with Gasteiger partial charge in [0.2, 0.25) is 0 Å². The van der Waals surface area contributed by atoms with Gasteiger partial charge in [0.15, 0.2) is 0 Å². The molecule has 0 aliphatic rings. The third-order valence-electron chi connectivity index (χ3n) is 4.10. The van der Waals surface area contributed by atoms with Crippen LogP contribution in [0.2, 0.25) is 19.6 Å². The van der Waals surface area contributed by atoms with Crippen LogP contribution in [0.5, 0.6) is 0 Å². The van der Waals surface area contributed by atoms with E-state index in [9.17, 15) is 0 Å². The smallest absolute Gasteiger partial charge is 0.135 e. The molecular formula is C19H24OSi. The average molecular weight is 296 g/mol. The summed E-state index contributed by atoms with van der Waals surface area (Å²) in [4.78, 5) is 0. The van der Waals surface area contributed by atoms with Gasteiger partial charge >= 0.3 is 0 Å². The highest BCUT2D eigenvalue weighted by molar-refractivity contribution is 6.89. The topological polar surface area (TPSA) is 13.1 Å². The predicted octanol–water partition coefficient (Wildman–Crippen LogP) is 5.43. The van der Waals surface area contributed by atoms with Crippen LogP contribution in [0.25, 0.3) is 21.9 Å². The van der Waals surface area contributed by atoms with Gasteiger partial charge in [-0.1, -0.05) is 69.9 Å². The van der Waals surface area contributed by atoms with E-state index in [-0.39, 0.29) is 5.41 Å². The molecule has 2 aromatic carbocycles. The maximum absolute atomic E-state index is 6.07. The first-order chi connectivity index (χ1) is 9.69. The SMILES string of the molecule is CC(C)(C)c1c([Si](C)(C)C)ccc2oc3ccccc3c12. The zero-order valence-corrected chi connectivity index (χ0v) is 14.9. The molecule has 21 heavy (non-hydrogen) atoms. The third kappa shape index (κ3) is 2.32. The Balaban J connectivity index is 2.55. The summed E-state index contributed by atoms with van der Waals surface area (Å²) in [6.07, 6.45) is 0. The van der Waals surface area contributed by atoms with E-state index in [1.165, 1.54) is 16.3 Å². The monoisotopic (exact) mass is 296 g/mol. The Hall–Kier alpha value is -1.54. The fourth-order valence-electron chi connectivity index (χ4n) is 3.22. The molecule has 0 atom stereocenters. The Kier molecular flexibility index (Phi) is 3.07. The second-order valence-electron chi connectivity index (χ2n) is 7.96. The van der Waals surface area contributed by atoms with Gasteiger partial charge in [-0.05, 0) is 23.1 Å². The standard InChI is InChI=1S/C19H24OSi/c1-19(2,3)18-16(21(4,5)6)12-11-15-17(18)13-9-7-8-10-14(13)20-15/h7-12H,1-6H3. The molecule has 0 fully saturated rings. The molecule has 3 rings (SSSR count). The van der Waals surface area contributed by atoms with E-state index < -0.39 is 8.07 Å². The molecule has 0 N–H and O–H groups in total. The summed E-state index contributed by atoms with van der Waals surface area (Å²) in [5.74, 6) is 0. The second kappa shape index (κ2) is 4.47. The molecule has 0 saturated heterocycles. The van der Waals surface area contributed by atoms with Crippen molar-refractivity contribution >= 4 is 35.2 Å². The summed E-state index contributed by atoms with van der Waals surface area (Å²) in [6.45, 7) is 14.2. The Labute approximate surface area is 128 Å². The maximum atomic E-state index is 6.07. The molecule has 0 aliphatic carbocycles. The molecule has 0 unspecified atom stereocenters. The van der Waals surface area contributed by atoms with Crippen molar-refractivity contribution in [3.05, 3.63) is 42.0 Å². The van der Waals surface area contributed by atoms with Crippen molar-refractivity contribution in [1.29, 1.82) is 0 Å². The lowest BCUT2D eigenvalue weighted by Crippen LogP contribution is -2.43. The molecule has 0 radical (unpaired) electrons. The number of hydrogen-bond donors (Lipinski definition) is 0. The van der Waals surface area contributed by atoms with Crippen LogP contribution in [-0.4, -0.2) is 8.07 Å². The third-order valence-corrected chi connectivity index (χ3v) is 6.13. The Bertz CT molecular complexity index is 813. The Morgan fingerprint density at radius 2 is 1.52 bits per heavy atom. The van der Waals surface area contributed by atoms with Crippen molar-refractivity contribution in [2.45, 2.75) is 45.8 Å². The number of fused-ring (bicyclic) bond motifs is 3. The van der Waals surface area contributed by atoms with Gasteiger partial charge in [-0.15, -0.1) is 0 Å². The van der Waals surface area contributed by atoms with Gasteiger partial charge in [0.25, 0.3) is 0 Å². The van der Waals surface area contributed by atoms with Gasteiger partial charge < -0.3 is 4.42 Å². The van der Waals surface area contributed by atoms with Crippen molar-refractivity contribution in [3.8, 4) is 0 Å². The van der Waals surface area contributed by atoms with E-state index in [1.807, 2.05) is 6.07 Å². The van der Waals surface area contributed by atoms with Crippen LogP contribution < -0.4 is 5.19 Å². The molecule has 0 bridgehead atoms.